The fourth-order valence-electron chi connectivity index (χ4n) is 2.17. The summed E-state index contributed by atoms with van der Waals surface area (Å²) < 4.78 is 12.0. The molecule has 19 heavy (non-hydrogen) atoms. The molecule has 2 aromatic rings. The molecule has 3 N–H and O–H groups in total. The molecule has 0 unspecified atom stereocenters. The molecule has 1 aliphatic rings. The van der Waals surface area contributed by atoms with E-state index in [2.05, 4.69) is 9.97 Å². The normalized spacial score (nSPS) is 21.2. The van der Waals surface area contributed by atoms with Crippen molar-refractivity contribution in [3.8, 4) is 0 Å². The molecule has 0 amide bonds. The Kier molecular flexibility index (Phi) is 2.46. The van der Waals surface area contributed by atoms with Crippen LogP contribution in [0.5, 0.6) is 0 Å². The third-order valence-corrected chi connectivity index (χ3v) is 4.05. The minimum Gasteiger partial charge on any atom is -0.399 e. The van der Waals surface area contributed by atoms with Crippen LogP contribution in [0.1, 0.15) is 27.7 Å². The number of imidazole rings is 1. The van der Waals surface area contributed by atoms with E-state index in [1.165, 1.54) is 0 Å². The van der Waals surface area contributed by atoms with Crippen LogP contribution in [0.25, 0.3) is 11.0 Å². The summed E-state index contributed by atoms with van der Waals surface area (Å²) in [6.45, 7) is 8.16. The Morgan fingerprint density at radius 1 is 1.16 bits per heavy atom. The number of nitrogens with one attached hydrogen (secondary N) is 1. The van der Waals surface area contributed by atoms with Crippen LogP contribution >= 0.6 is 0 Å². The van der Waals surface area contributed by atoms with Gasteiger partial charge in [-0.05, 0) is 45.3 Å². The van der Waals surface area contributed by atoms with Crippen LogP contribution in [0.15, 0.2) is 18.2 Å². The van der Waals surface area contributed by atoms with Crippen LogP contribution in [0.2, 0.25) is 0 Å². The Labute approximate surface area is 112 Å². The molecule has 0 saturated carbocycles. The lowest BCUT2D eigenvalue weighted by molar-refractivity contribution is 0.00578. The molecule has 0 bridgehead atoms. The van der Waals surface area contributed by atoms with E-state index < -0.39 is 0 Å². The van der Waals surface area contributed by atoms with Gasteiger partial charge in [0.2, 0.25) is 0 Å². The smallest absolute Gasteiger partial charge is 0.399 e. The van der Waals surface area contributed by atoms with Gasteiger partial charge in [-0.1, -0.05) is 6.07 Å². The number of nitrogens with zero attached hydrogens (tertiary/aromatic N) is 1. The van der Waals surface area contributed by atoms with Crippen LogP contribution in [0, 0.1) is 0 Å². The van der Waals surface area contributed by atoms with Gasteiger partial charge in [-0.3, -0.25) is 0 Å². The average molecular weight is 259 g/mol. The molecule has 1 aromatic heterocycles. The Balaban J connectivity index is 1.97. The zero-order valence-corrected chi connectivity index (χ0v) is 11.7. The number of aromatic amines is 1. The maximum Gasteiger partial charge on any atom is 0.494 e. The van der Waals surface area contributed by atoms with Gasteiger partial charge in [-0.15, -0.1) is 0 Å². The standard InChI is InChI=1S/C13H18BN3O2/c1-12(2)13(3,4)19-14(18-12)8-5-6-9-10(7-8)17-11(15)16-9/h5-7H,1-4H3,(H3,15,16,17). The van der Waals surface area contributed by atoms with E-state index in [-0.39, 0.29) is 18.3 Å². The minimum absolute atomic E-state index is 0.336. The highest BCUT2D eigenvalue weighted by atomic mass is 16.7. The molecule has 1 aliphatic heterocycles. The number of fused-ring (bicyclic) bond motifs is 1. The molecular weight excluding hydrogens is 241 g/mol. The van der Waals surface area contributed by atoms with Gasteiger partial charge in [-0.25, -0.2) is 4.98 Å². The van der Waals surface area contributed by atoms with Crippen molar-refractivity contribution in [1.29, 1.82) is 0 Å². The highest BCUT2D eigenvalue weighted by Gasteiger charge is 2.51. The van der Waals surface area contributed by atoms with Crippen LogP contribution in [0.4, 0.5) is 5.95 Å². The predicted molar refractivity (Wildman–Crippen MR) is 76.2 cm³/mol. The average Bonchev–Trinajstić information content (AvgIpc) is 2.74. The Bertz CT molecular complexity index is 620. The van der Waals surface area contributed by atoms with Crippen LogP contribution < -0.4 is 11.2 Å². The van der Waals surface area contributed by atoms with Crippen molar-refractivity contribution in [2.45, 2.75) is 38.9 Å². The van der Waals surface area contributed by atoms with E-state index in [1.807, 2.05) is 45.9 Å². The van der Waals surface area contributed by atoms with Crippen molar-refractivity contribution in [2.75, 3.05) is 5.73 Å². The Hall–Kier alpha value is -1.53. The minimum atomic E-state index is -0.368. The zero-order chi connectivity index (χ0) is 13.8. The fraction of sp³-hybridized carbons (Fsp3) is 0.462. The van der Waals surface area contributed by atoms with Crippen molar-refractivity contribution in [2.24, 2.45) is 0 Å². The molecule has 1 saturated heterocycles. The van der Waals surface area contributed by atoms with E-state index >= 15 is 0 Å². The Morgan fingerprint density at radius 2 is 1.79 bits per heavy atom. The number of hydrogen-bond acceptors (Lipinski definition) is 4. The summed E-state index contributed by atoms with van der Waals surface area (Å²) in [5.74, 6) is 0.418. The zero-order valence-electron chi connectivity index (χ0n) is 11.7. The van der Waals surface area contributed by atoms with E-state index in [0.29, 0.717) is 5.95 Å². The van der Waals surface area contributed by atoms with Gasteiger partial charge in [-0.2, -0.15) is 0 Å². The number of H-pyrrole nitrogens is 1. The quantitative estimate of drug-likeness (QED) is 0.760. The fourth-order valence-corrected chi connectivity index (χ4v) is 2.17. The lowest BCUT2D eigenvalue weighted by Crippen LogP contribution is -2.41. The van der Waals surface area contributed by atoms with Gasteiger partial charge >= 0.3 is 7.12 Å². The summed E-state index contributed by atoms with van der Waals surface area (Å²) in [7, 11) is -0.368. The number of rotatable bonds is 1. The van der Waals surface area contributed by atoms with Crippen molar-refractivity contribution in [1.82, 2.24) is 9.97 Å². The third kappa shape index (κ3) is 1.91. The summed E-state index contributed by atoms with van der Waals surface area (Å²) in [4.78, 5) is 7.22. The molecule has 0 radical (unpaired) electrons. The van der Waals surface area contributed by atoms with Crippen molar-refractivity contribution >= 4 is 29.6 Å². The van der Waals surface area contributed by atoms with E-state index in [1.54, 1.807) is 0 Å². The second-order valence-corrected chi connectivity index (χ2v) is 5.99. The molecule has 1 fully saturated rings. The first-order valence-electron chi connectivity index (χ1n) is 6.39. The molecule has 5 nitrogen and oxygen atoms in total. The molecule has 1 aromatic carbocycles. The summed E-state index contributed by atoms with van der Waals surface area (Å²) in [6, 6.07) is 5.87. The predicted octanol–water partition coefficient (Wildman–Crippen LogP) is 1.44. The van der Waals surface area contributed by atoms with Crippen LogP contribution in [-0.2, 0) is 9.31 Å². The first-order valence-corrected chi connectivity index (χ1v) is 6.39. The first-order chi connectivity index (χ1) is 8.78. The van der Waals surface area contributed by atoms with Crippen molar-refractivity contribution < 1.29 is 9.31 Å². The van der Waals surface area contributed by atoms with E-state index in [4.69, 9.17) is 15.0 Å². The van der Waals surface area contributed by atoms with Crippen LogP contribution in [-0.4, -0.2) is 28.3 Å². The molecule has 2 heterocycles. The van der Waals surface area contributed by atoms with Gasteiger partial charge in [0, 0.05) is 0 Å². The van der Waals surface area contributed by atoms with Gasteiger partial charge < -0.3 is 20.0 Å². The van der Waals surface area contributed by atoms with Crippen LogP contribution in [0.3, 0.4) is 0 Å². The lowest BCUT2D eigenvalue weighted by Gasteiger charge is -2.32. The molecule has 0 atom stereocenters. The second kappa shape index (κ2) is 3.74. The van der Waals surface area contributed by atoms with Gasteiger partial charge in [0.1, 0.15) is 0 Å². The molecule has 3 rings (SSSR count). The largest absolute Gasteiger partial charge is 0.494 e. The molecule has 6 heteroatoms. The highest BCUT2D eigenvalue weighted by Crippen LogP contribution is 2.36. The Morgan fingerprint density at radius 3 is 2.42 bits per heavy atom. The van der Waals surface area contributed by atoms with Crippen molar-refractivity contribution in [3.63, 3.8) is 0 Å². The van der Waals surface area contributed by atoms with E-state index in [0.717, 1.165) is 16.5 Å². The number of benzene rings is 1. The molecular formula is C13H18BN3O2. The van der Waals surface area contributed by atoms with Gasteiger partial charge in [0.25, 0.3) is 0 Å². The van der Waals surface area contributed by atoms with E-state index in [9.17, 15) is 0 Å². The number of anilines is 1. The molecule has 0 aliphatic carbocycles. The summed E-state index contributed by atoms with van der Waals surface area (Å²) in [5, 5.41) is 0. The maximum absolute atomic E-state index is 6.01. The van der Waals surface area contributed by atoms with Crippen molar-refractivity contribution in [3.05, 3.63) is 18.2 Å². The topological polar surface area (TPSA) is 73.2 Å². The third-order valence-electron chi connectivity index (χ3n) is 4.05. The second-order valence-electron chi connectivity index (χ2n) is 5.99. The summed E-state index contributed by atoms with van der Waals surface area (Å²) in [5.41, 5.74) is 7.67. The summed E-state index contributed by atoms with van der Waals surface area (Å²) in [6.07, 6.45) is 0. The lowest BCUT2D eigenvalue weighted by atomic mass is 9.79. The molecule has 0 spiro atoms. The number of aromatic nitrogens is 2. The maximum atomic E-state index is 6.01. The monoisotopic (exact) mass is 259 g/mol. The number of hydrogen-bond donors (Lipinski definition) is 2. The highest BCUT2D eigenvalue weighted by molar-refractivity contribution is 6.62. The van der Waals surface area contributed by atoms with Gasteiger partial charge in [0.05, 0.1) is 22.2 Å². The molecule has 100 valence electrons. The van der Waals surface area contributed by atoms with Gasteiger partial charge in [0.15, 0.2) is 5.95 Å². The SMILES string of the molecule is CC1(C)OB(c2ccc3[nH]c(N)nc3c2)OC1(C)C. The number of nitrogens with two attached hydrogens (primary N) is 1. The first kappa shape index (κ1) is 12.5. The summed E-state index contributed by atoms with van der Waals surface area (Å²) >= 11 is 0. The number of nitrogen functional groups attached to an aromatic ring is 1.